The largest absolute Gasteiger partial charge is 0.354 e. The maximum absolute atomic E-state index is 5.62. The van der Waals surface area contributed by atoms with Gasteiger partial charge in [0.15, 0.2) is 0 Å². The first kappa shape index (κ1) is 12.0. The first-order valence-corrected chi connectivity index (χ1v) is 5.60. The summed E-state index contributed by atoms with van der Waals surface area (Å²) in [5, 5.41) is 0. The van der Waals surface area contributed by atoms with Crippen LogP contribution in [0, 0.1) is 0 Å². The molecule has 0 unspecified atom stereocenters. The van der Waals surface area contributed by atoms with E-state index in [1.807, 2.05) is 12.3 Å². The summed E-state index contributed by atoms with van der Waals surface area (Å²) in [4.78, 5) is 6.70. The van der Waals surface area contributed by atoms with E-state index in [0.717, 1.165) is 24.3 Å². The Morgan fingerprint density at radius 1 is 1.47 bits per heavy atom. The predicted molar refractivity (Wildman–Crippen MR) is 64.9 cm³/mol. The van der Waals surface area contributed by atoms with E-state index in [0.29, 0.717) is 12.6 Å². The molecule has 1 aromatic rings. The van der Waals surface area contributed by atoms with Crippen LogP contribution in [-0.4, -0.2) is 17.6 Å². The summed E-state index contributed by atoms with van der Waals surface area (Å²) >= 11 is 0. The van der Waals surface area contributed by atoms with Crippen molar-refractivity contribution >= 4 is 5.82 Å². The molecular formula is C12H21N3. The zero-order chi connectivity index (χ0) is 11.3. The van der Waals surface area contributed by atoms with Crippen LogP contribution in [0.4, 0.5) is 5.82 Å². The summed E-state index contributed by atoms with van der Waals surface area (Å²) in [6.07, 6.45) is 2.97. The first-order valence-electron chi connectivity index (χ1n) is 5.60. The molecule has 0 aliphatic carbocycles. The fraction of sp³-hybridized carbons (Fsp3) is 0.583. The van der Waals surface area contributed by atoms with Crippen LogP contribution < -0.4 is 10.6 Å². The van der Waals surface area contributed by atoms with Crippen molar-refractivity contribution in [3.63, 3.8) is 0 Å². The highest BCUT2D eigenvalue weighted by molar-refractivity contribution is 5.41. The van der Waals surface area contributed by atoms with E-state index in [9.17, 15) is 0 Å². The molecule has 0 amide bonds. The number of rotatable bonds is 5. The molecule has 1 rings (SSSR count). The molecule has 3 nitrogen and oxygen atoms in total. The van der Waals surface area contributed by atoms with Gasteiger partial charge in [-0.3, -0.25) is 0 Å². The molecule has 0 atom stereocenters. The monoisotopic (exact) mass is 207 g/mol. The lowest BCUT2D eigenvalue weighted by Crippen LogP contribution is -2.32. The highest BCUT2D eigenvalue weighted by atomic mass is 15.2. The van der Waals surface area contributed by atoms with E-state index in [1.54, 1.807) is 0 Å². The van der Waals surface area contributed by atoms with Crippen molar-refractivity contribution in [1.82, 2.24) is 4.98 Å². The summed E-state index contributed by atoms with van der Waals surface area (Å²) in [7, 11) is 0. The van der Waals surface area contributed by atoms with E-state index >= 15 is 0 Å². The van der Waals surface area contributed by atoms with Crippen LogP contribution in [0.25, 0.3) is 0 Å². The van der Waals surface area contributed by atoms with Gasteiger partial charge in [-0.1, -0.05) is 6.92 Å². The summed E-state index contributed by atoms with van der Waals surface area (Å²) in [6.45, 7) is 8.17. The van der Waals surface area contributed by atoms with Gasteiger partial charge in [0.25, 0.3) is 0 Å². The molecule has 0 radical (unpaired) electrons. The lowest BCUT2D eigenvalue weighted by Gasteiger charge is -2.27. The Morgan fingerprint density at radius 2 is 2.20 bits per heavy atom. The molecule has 1 heterocycles. The highest BCUT2D eigenvalue weighted by Crippen LogP contribution is 2.15. The average Bonchev–Trinajstić information content (AvgIpc) is 2.25. The van der Waals surface area contributed by atoms with Gasteiger partial charge in [0, 0.05) is 25.3 Å². The van der Waals surface area contributed by atoms with Gasteiger partial charge in [-0.25, -0.2) is 4.98 Å². The van der Waals surface area contributed by atoms with Crippen molar-refractivity contribution in [3.8, 4) is 0 Å². The Morgan fingerprint density at radius 3 is 2.73 bits per heavy atom. The number of nitrogens with two attached hydrogens (primary N) is 1. The van der Waals surface area contributed by atoms with Gasteiger partial charge >= 0.3 is 0 Å². The molecular weight excluding hydrogens is 186 g/mol. The minimum atomic E-state index is 0.477. The van der Waals surface area contributed by atoms with E-state index in [-0.39, 0.29) is 0 Å². The van der Waals surface area contributed by atoms with Gasteiger partial charge in [0.05, 0.1) is 0 Å². The molecule has 3 heteroatoms. The third kappa shape index (κ3) is 3.20. The number of aromatic nitrogens is 1. The van der Waals surface area contributed by atoms with Crippen LogP contribution in [0.15, 0.2) is 18.3 Å². The molecule has 0 aliphatic rings. The Bertz CT molecular complexity index is 297. The van der Waals surface area contributed by atoms with E-state index < -0.39 is 0 Å². The van der Waals surface area contributed by atoms with Crippen LogP contribution in [0.5, 0.6) is 0 Å². The van der Waals surface area contributed by atoms with Crippen LogP contribution in [0.3, 0.4) is 0 Å². The molecule has 0 saturated carbocycles. The van der Waals surface area contributed by atoms with Crippen molar-refractivity contribution < 1.29 is 0 Å². The van der Waals surface area contributed by atoms with E-state index in [4.69, 9.17) is 5.73 Å². The van der Waals surface area contributed by atoms with Crippen molar-refractivity contribution in [2.75, 3.05) is 11.4 Å². The Hall–Kier alpha value is -1.09. The smallest absolute Gasteiger partial charge is 0.129 e. The molecule has 0 aliphatic heterocycles. The van der Waals surface area contributed by atoms with Crippen LogP contribution in [0.2, 0.25) is 0 Å². The maximum atomic E-state index is 5.62. The molecule has 15 heavy (non-hydrogen) atoms. The number of nitrogens with zero attached hydrogens (tertiary/aromatic N) is 2. The summed E-state index contributed by atoms with van der Waals surface area (Å²) in [5.41, 5.74) is 6.76. The number of pyridine rings is 1. The fourth-order valence-electron chi connectivity index (χ4n) is 1.62. The maximum Gasteiger partial charge on any atom is 0.129 e. The fourth-order valence-corrected chi connectivity index (χ4v) is 1.62. The molecule has 0 aromatic carbocycles. The number of hydrogen-bond acceptors (Lipinski definition) is 3. The van der Waals surface area contributed by atoms with Crippen molar-refractivity contribution in [2.45, 2.75) is 39.8 Å². The standard InChI is InChI=1S/C12H21N3/c1-4-7-15(10(2)3)12-8-11(9-13)5-6-14-12/h5-6,8,10H,4,7,9,13H2,1-3H3. The van der Waals surface area contributed by atoms with Crippen LogP contribution >= 0.6 is 0 Å². The van der Waals surface area contributed by atoms with Gasteiger partial charge in [-0.15, -0.1) is 0 Å². The topological polar surface area (TPSA) is 42.1 Å². The zero-order valence-electron chi connectivity index (χ0n) is 9.90. The third-order valence-electron chi connectivity index (χ3n) is 2.43. The van der Waals surface area contributed by atoms with Crippen molar-refractivity contribution in [2.24, 2.45) is 5.73 Å². The predicted octanol–water partition coefficient (Wildman–Crippen LogP) is 2.17. The van der Waals surface area contributed by atoms with Crippen LogP contribution in [-0.2, 0) is 6.54 Å². The third-order valence-corrected chi connectivity index (χ3v) is 2.43. The molecule has 2 N–H and O–H groups in total. The van der Waals surface area contributed by atoms with Gasteiger partial charge in [-0.2, -0.15) is 0 Å². The minimum absolute atomic E-state index is 0.477. The second-order valence-electron chi connectivity index (χ2n) is 4.01. The average molecular weight is 207 g/mol. The van der Waals surface area contributed by atoms with Gasteiger partial charge in [0.2, 0.25) is 0 Å². The zero-order valence-corrected chi connectivity index (χ0v) is 9.90. The van der Waals surface area contributed by atoms with Crippen molar-refractivity contribution in [3.05, 3.63) is 23.9 Å². The van der Waals surface area contributed by atoms with Gasteiger partial charge in [0.1, 0.15) is 5.82 Å². The summed E-state index contributed by atoms with van der Waals surface area (Å²) < 4.78 is 0. The molecule has 1 aromatic heterocycles. The normalized spacial score (nSPS) is 10.7. The Kier molecular flexibility index (Phi) is 4.56. The summed E-state index contributed by atoms with van der Waals surface area (Å²) in [5.74, 6) is 1.04. The quantitative estimate of drug-likeness (QED) is 0.804. The number of hydrogen-bond donors (Lipinski definition) is 1. The molecule has 0 bridgehead atoms. The van der Waals surface area contributed by atoms with Crippen molar-refractivity contribution in [1.29, 1.82) is 0 Å². The molecule has 84 valence electrons. The van der Waals surface area contributed by atoms with E-state index in [1.165, 1.54) is 0 Å². The minimum Gasteiger partial charge on any atom is -0.354 e. The number of anilines is 1. The Balaban J connectivity index is 2.89. The second-order valence-corrected chi connectivity index (χ2v) is 4.01. The SMILES string of the molecule is CCCN(c1cc(CN)ccn1)C(C)C. The lowest BCUT2D eigenvalue weighted by atomic mass is 10.2. The summed E-state index contributed by atoms with van der Waals surface area (Å²) in [6, 6.07) is 4.52. The van der Waals surface area contributed by atoms with Crippen LogP contribution in [0.1, 0.15) is 32.8 Å². The van der Waals surface area contributed by atoms with E-state index in [2.05, 4.69) is 36.7 Å². The first-order chi connectivity index (χ1) is 7.19. The highest BCUT2D eigenvalue weighted by Gasteiger charge is 2.10. The molecule has 0 fully saturated rings. The molecule has 0 spiro atoms. The Labute approximate surface area is 92.3 Å². The lowest BCUT2D eigenvalue weighted by molar-refractivity contribution is 0.661. The second kappa shape index (κ2) is 5.71. The van der Waals surface area contributed by atoms with Gasteiger partial charge in [-0.05, 0) is 38.0 Å². The molecule has 0 saturated heterocycles. The van der Waals surface area contributed by atoms with Gasteiger partial charge < -0.3 is 10.6 Å².